The Morgan fingerprint density at radius 2 is 2.00 bits per heavy atom. The fourth-order valence-electron chi connectivity index (χ4n) is 2.40. The van der Waals surface area contributed by atoms with Crippen molar-refractivity contribution in [2.24, 2.45) is 7.05 Å². The van der Waals surface area contributed by atoms with Crippen LogP contribution in [0.5, 0.6) is 0 Å². The molecule has 0 aliphatic carbocycles. The van der Waals surface area contributed by atoms with Crippen LogP contribution in [0.4, 0.5) is 5.82 Å². The molecule has 0 spiro atoms. The second-order valence-electron chi connectivity index (χ2n) is 4.76. The zero-order valence-electron chi connectivity index (χ0n) is 12.6. The van der Waals surface area contributed by atoms with Crippen molar-refractivity contribution in [1.29, 1.82) is 0 Å². The van der Waals surface area contributed by atoms with Gasteiger partial charge in [-0.2, -0.15) is 5.10 Å². The van der Waals surface area contributed by atoms with E-state index in [2.05, 4.69) is 15.6 Å². The fourth-order valence-corrected chi connectivity index (χ4v) is 2.40. The van der Waals surface area contributed by atoms with Crippen LogP contribution in [0, 0.1) is 13.8 Å². The Labute approximate surface area is 118 Å². The SMILES string of the molecule is CCc1noc(C)c1C(=O)Nc1c(CC)c(C)nn1C. The monoisotopic (exact) mass is 276 g/mol. The maximum absolute atomic E-state index is 12.5. The zero-order valence-corrected chi connectivity index (χ0v) is 12.6. The average Bonchev–Trinajstić information content (AvgIpc) is 2.90. The molecule has 0 atom stereocenters. The van der Waals surface area contributed by atoms with E-state index >= 15 is 0 Å². The van der Waals surface area contributed by atoms with Gasteiger partial charge < -0.3 is 9.84 Å². The van der Waals surface area contributed by atoms with Gasteiger partial charge in [0.05, 0.1) is 11.4 Å². The number of aromatic nitrogens is 3. The Bertz CT molecular complexity index is 640. The van der Waals surface area contributed by atoms with E-state index < -0.39 is 0 Å². The molecule has 20 heavy (non-hydrogen) atoms. The van der Waals surface area contributed by atoms with Gasteiger partial charge in [-0.1, -0.05) is 19.0 Å². The minimum Gasteiger partial charge on any atom is -0.361 e. The molecule has 0 bridgehead atoms. The van der Waals surface area contributed by atoms with Crippen LogP contribution in [0.3, 0.4) is 0 Å². The lowest BCUT2D eigenvalue weighted by atomic mass is 10.1. The summed E-state index contributed by atoms with van der Waals surface area (Å²) in [6.07, 6.45) is 1.48. The molecule has 0 saturated carbocycles. The topological polar surface area (TPSA) is 73.0 Å². The molecule has 1 amide bonds. The molecule has 0 aliphatic rings. The minimum absolute atomic E-state index is 0.196. The van der Waals surface area contributed by atoms with Crippen LogP contribution in [0.15, 0.2) is 4.52 Å². The van der Waals surface area contributed by atoms with E-state index in [1.54, 1.807) is 11.6 Å². The predicted octanol–water partition coefficient (Wildman–Crippen LogP) is 2.40. The van der Waals surface area contributed by atoms with Gasteiger partial charge in [0.25, 0.3) is 5.91 Å². The normalized spacial score (nSPS) is 10.8. The number of carbonyl (C=O) groups excluding carboxylic acids is 1. The van der Waals surface area contributed by atoms with Crippen LogP contribution < -0.4 is 5.32 Å². The first-order valence-electron chi connectivity index (χ1n) is 6.78. The summed E-state index contributed by atoms with van der Waals surface area (Å²) < 4.78 is 6.80. The summed E-state index contributed by atoms with van der Waals surface area (Å²) in [4.78, 5) is 12.5. The Kier molecular flexibility index (Phi) is 3.92. The summed E-state index contributed by atoms with van der Waals surface area (Å²) in [6.45, 7) is 7.68. The highest BCUT2D eigenvalue weighted by Gasteiger charge is 2.22. The number of rotatable bonds is 4. The number of carbonyl (C=O) groups is 1. The van der Waals surface area contributed by atoms with Crippen LogP contribution in [-0.4, -0.2) is 20.8 Å². The van der Waals surface area contributed by atoms with Crippen molar-refractivity contribution in [3.8, 4) is 0 Å². The molecular weight excluding hydrogens is 256 g/mol. The van der Waals surface area contributed by atoms with Crippen LogP contribution in [0.1, 0.15) is 46.9 Å². The average molecular weight is 276 g/mol. The van der Waals surface area contributed by atoms with Gasteiger partial charge in [-0.15, -0.1) is 0 Å². The summed E-state index contributed by atoms with van der Waals surface area (Å²) in [5.41, 5.74) is 3.18. The Morgan fingerprint density at radius 3 is 2.60 bits per heavy atom. The first kappa shape index (κ1) is 14.3. The predicted molar refractivity (Wildman–Crippen MR) is 75.9 cm³/mol. The van der Waals surface area contributed by atoms with E-state index in [0.717, 1.165) is 23.5 Å². The summed E-state index contributed by atoms with van der Waals surface area (Å²) in [6, 6.07) is 0. The van der Waals surface area contributed by atoms with Gasteiger partial charge in [0, 0.05) is 12.6 Å². The molecule has 0 aromatic carbocycles. The van der Waals surface area contributed by atoms with Gasteiger partial charge in [-0.3, -0.25) is 9.48 Å². The Balaban J connectivity index is 2.35. The van der Waals surface area contributed by atoms with E-state index in [1.165, 1.54) is 0 Å². The molecule has 0 radical (unpaired) electrons. The van der Waals surface area contributed by atoms with Gasteiger partial charge in [0.2, 0.25) is 0 Å². The summed E-state index contributed by atoms with van der Waals surface area (Å²) in [5, 5.41) is 11.2. The Morgan fingerprint density at radius 1 is 1.30 bits per heavy atom. The molecule has 2 aromatic rings. The standard InChI is InChI=1S/C14H20N4O2/c1-6-10-8(3)16-18(5)13(10)15-14(19)12-9(4)20-17-11(12)7-2/h6-7H2,1-5H3,(H,15,19). The molecule has 0 aliphatic heterocycles. The summed E-state index contributed by atoms with van der Waals surface area (Å²) >= 11 is 0. The van der Waals surface area contributed by atoms with Crippen LogP contribution in [0.25, 0.3) is 0 Å². The minimum atomic E-state index is -0.196. The molecule has 2 heterocycles. The maximum atomic E-state index is 12.5. The Hall–Kier alpha value is -2.11. The number of nitrogens with zero attached hydrogens (tertiary/aromatic N) is 3. The molecule has 108 valence electrons. The van der Waals surface area contributed by atoms with E-state index in [9.17, 15) is 4.79 Å². The fraction of sp³-hybridized carbons (Fsp3) is 0.500. The number of nitrogens with one attached hydrogen (secondary N) is 1. The van der Waals surface area contributed by atoms with E-state index in [-0.39, 0.29) is 5.91 Å². The van der Waals surface area contributed by atoms with E-state index in [0.29, 0.717) is 23.4 Å². The number of anilines is 1. The van der Waals surface area contributed by atoms with Crippen LogP contribution in [-0.2, 0) is 19.9 Å². The third-order valence-corrected chi connectivity index (χ3v) is 3.43. The van der Waals surface area contributed by atoms with Gasteiger partial charge in [0.1, 0.15) is 17.1 Å². The van der Waals surface area contributed by atoms with Crippen molar-refractivity contribution in [2.45, 2.75) is 40.5 Å². The van der Waals surface area contributed by atoms with Gasteiger partial charge >= 0.3 is 0 Å². The van der Waals surface area contributed by atoms with Gasteiger partial charge in [-0.25, -0.2) is 0 Å². The molecular formula is C14H20N4O2. The summed E-state index contributed by atoms with van der Waals surface area (Å²) in [5.74, 6) is 1.08. The molecule has 6 heteroatoms. The smallest absolute Gasteiger partial charge is 0.262 e. The molecule has 2 aromatic heterocycles. The second kappa shape index (κ2) is 5.48. The lowest BCUT2D eigenvalue weighted by molar-refractivity contribution is 0.102. The largest absolute Gasteiger partial charge is 0.361 e. The van der Waals surface area contributed by atoms with Crippen molar-refractivity contribution in [1.82, 2.24) is 14.9 Å². The second-order valence-corrected chi connectivity index (χ2v) is 4.76. The van der Waals surface area contributed by atoms with E-state index in [1.807, 2.05) is 27.8 Å². The first-order chi connectivity index (χ1) is 9.49. The van der Waals surface area contributed by atoms with Gasteiger partial charge in [0.15, 0.2) is 0 Å². The third-order valence-electron chi connectivity index (χ3n) is 3.43. The van der Waals surface area contributed by atoms with Crippen molar-refractivity contribution >= 4 is 11.7 Å². The molecule has 0 unspecified atom stereocenters. The molecule has 0 saturated heterocycles. The number of aryl methyl sites for hydroxylation is 4. The number of amides is 1. The van der Waals surface area contributed by atoms with Gasteiger partial charge in [-0.05, 0) is 26.7 Å². The summed E-state index contributed by atoms with van der Waals surface area (Å²) in [7, 11) is 1.82. The highest BCUT2D eigenvalue weighted by Crippen LogP contribution is 2.22. The number of hydrogen-bond donors (Lipinski definition) is 1. The van der Waals surface area contributed by atoms with Crippen molar-refractivity contribution in [2.75, 3.05) is 5.32 Å². The first-order valence-corrected chi connectivity index (χ1v) is 6.78. The molecule has 2 rings (SSSR count). The molecule has 6 nitrogen and oxygen atoms in total. The lowest BCUT2D eigenvalue weighted by Gasteiger charge is -2.07. The third kappa shape index (κ3) is 2.33. The molecule has 0 fully saturated rings. The van der Waals surface area contributed by atoms with Crippen molar-refractivity contribution in [3.05, 3.63) is 28.3 Å². The molecule has 1 N–H and O–H groups in total. The quantitative estimate of drug-likeness (QED) is 0.930. The van der Waals surface area contributed by atoms with Crippen LogP contribution in [0.2, 0.25) is 0 Å². The highest BCUT2D eigenvalue weighted by atomic mass is 16.5. The highest BCUT2D eigenvalue weighted by molar-refractivity contribution is 6.05. The van der Waals surface area contributed by atoms with Crippen LogP contribution >= 0.6 is 0 Å². The van der Waals surface area contributed by atoms with Crippen molar-refractivity contribution < 1.29 is 9.32 Å². The maximum Gasteiger partial charge on any atom is 0.262 e. The van der Waals surface area contributed by atoms with Crippen molar-refractivity contribution in [3.63, 3.8) is 0 Å². The van der Waals surface area contributed by atoms with E-state index in [4.69, 9.17) is 4.52 Å². The lowest BCUT2D eigenvalue weighted by Crippen LogP contribution is -2.17. The zero-order chi connectivity index (χ0) is 14.9. The number of hydrogen-bond acceptors (Lipinski definition) is 4.